The lowest BCUT2D eigenvalue weighted by Gasteiger charge is -2.00. The van der Waals surface area contributed by atoms with Crippen molar-refractivity contribution in [2.24, 2.45) is 0 Å². The van der Waals surface area contributed by atoms with E-state index in [1.165, 1.54) is 0 Å². The molecule has 0 aromatic heterocycles. The van der Waals surface area contributed by atoms with Crippen LogP contribution in [-0.2, 0) is 23.9 Å². The maximum atomic E-state index is 10.7. The van der Waals surface area contributed by atoms with Gasteiger partial charge in [-0.25, -0.2) is 14.4 Å². The zero-order valence-electron chi connectivity index (χ0n) is 7.56. The largest absolute Gasteiger partial charge is 0.478 e. The SMILES string of the molecule is CCOC(=O)COC(=O)/C=C/C(=O)O. The number of hydrogen-bond acceptors (Lipinski definition) is 5. The molecule has 0 rings (SSSR count). The zero-order chi connectivity index (χ0) is 11.0. The lowest BCUT2D eigenvalue weighted by molar-refractivity contribution is -0.155. The van der Waals surface area contributed by atoms with Crippen molar-refractivity contribution in [3.63, 3.8) is 0 Å². The van der Waals surface area contributed by atoms with E-state index in [4.69, 9.17) is 5.11 Å². The Morgan fingerprint density at radius 2 is 1.86 bits per heavy atom. The summed E-state index contributed by atoms with van der Waals surface area (Å²) in [7, 11) is 0. The summed E-state index contributed by atoms with van der Waals surface area (Å²) in [5.41, 5.74) is 0. The summed E-state index contributed by atoms with van der Waals surface area (Å²) in [5.74, 6) is -2.84. The molecule has 0 aromatic rings. The number of carboxylic acids is 1. The minimum atomic E-state index is -1.27. The van der Waals surface area contributed by atoms with E-state index in [0.29, 0.717) is 12.2 Å². The first kappa shape index (κ1) is 12.2. The third-order valence-electron chi connectivity index (χ3n) is 1.000. The third kappa shape index (κ3) is 6.84. The van der Waals surface area contributed by atoms with Gasteiger partial charge >= 0.3 is 17.9 Å². The molecule has 0 saturated carbocycles. The first-order valence-corrected chi connectivity index (χ1v) is 3.79. The van der Waals surface area contributed by atoms with Crippen LogP contribution in [0, 0.1) is 0 Å². The first-order valence-electron chi connectivity index (χ1n) is 3.79. The molecular formula is C8H10O6. The Labute approximate surface area is 80.1 Å². The molecule has 78 valence electrons. The summed E-state index contributed by atoms with van der Waals surface area (Å²) in [5, 5.41) is 8.14. The molecule has 0 bridgehead atoms. The van der Waals surface area contributed by atoms with Crippen LogP contribution in [0.5, 0.6) is 0 Å². The molecule has 6 heteroatoms. The van der Waals surface area contributed by atoms with Gasteiger partial charge in [-0.15, -0.1) is 0 Å². The fourth-order valence-electron chi connectivity index (χ4n) is 0.520. The van der Waals surface area contributed by atoms with Gasteiger partial charge in [0.15, 0.2) is 6.61 Å². The van der Waals surface area contributed by atoms with E-state index in [-0.39, 0.29) is 6.61 Å². The Balaban J connectivity index is 3.74. The molecule has 0 atom stereocenters. The van der Waals surface area contributed by atoms with Crippen molar-refractivity contribution in [1.29, 1.82) is 0 Å². The van der Waals surface area contributed by atoms with Crippen molar-refractivity contribution in [3.8, 4) is 0 Å². The predicted molar refractivity (Wildman–Crippen MR) is 44.4 cm³/mol. The van der Waals surface area contributed by atoms with Crippen molar-refractivity contribution < 1.29 is 29.0 Å². The van der Waals surface area contributed by atoms with Crippen molar-refractivity contribution in [2.75, 3.05) is 13.2 Å². The monoisotopic (exact) mass is 202 g/mol. The van der Waals surface area contributed by atoms with Gasteiger partial charge in [-0.2, -0.15) is 0 Å². The topological polar surface area (TPSA) is 89.9 Å². The van der Waals surface area contributed by atoms with Crippen LogP contribution in [0.25, 0.3) is 0 Å². The molecule has 0 aliphatic rings. The molecule has 0 aliphatic heterocycles. The van der Waals surface area contributed by atoms with E-state index in [9.17, 15) is 14.4 Å². The van der Waals surface area contributed by atoms with Gasteiger partial charge in [0.05, 0.1) is 6.61 Å². The Bertz CT molecular complexity index is 255. The van der Waals surface area contributed by atoms with Crippen LogP contribution in [0.3, 0.4) is 0 Å². The van der Waals surface area contributed by atoms with Gasteiger partial charge in [0, 0.05) is 12.2 Å². The normalized spacial score (nSPS) is 9.79. The molecule has 14 heavy (non-hydrogen) atoms. The number of carbonyl (C=O) groups excluding carboxylic acids is 2. The number of carbonyl (C=O) groups is 3. The maximum absolute atomic E-state index is 10.7. The Kier molecular flexibility index (Phi) is 5.77. The number of ether oxygens (including phenoxy) is 2. The minimum absolute atomic E-state index is 0.196. The molecule has 0 amide bonds. The highest BCUT2D eigenvalue weighted by Gasteiger charge is 2.04. The number of aliphatic carboxylic acids is 1. The smallest absolute Gasteiger partial charge is 0.344 e. The lowest BCUT2D eigenvalue weighted by atomic mass is 10.5. The predicted octanol–water partition coefficient (Wildman–Crippen LogP) is -0.267. The van der Waals surface area contributed by atoms with E-state index in [1.807, 2.05) is 0 Å². The van der Waals surface area contributed by atoms with Gasteiger partial charge in [-0.1, -0.05) is 0 Å². The van der Waals surface area contributed by atoms with Crippen LogP contribution in [0.15, 0.2) is 12.2 Å². The summed E-state index contributed by atoms with van der Waals surface area (Å²) in [4.78, 5) is 31.3. The van der Waals surface area contributed by atoms with Gasteiger partial charge in [-0.3, -0.25) is 0 Å². The van der Waals surface area contributed by atoms with Crippen LogP contribution in [0.4, 0.5) is 0 Å². The molecule has 1 N–H and O–H groups in total. The highest BCUT2D eigenvalue weighted by molar-refractivity contribution is 5.91. The van der Waals surface area contributed by atoms with Gasteiger partial charge in [0.25, 0.3) is 0 Å². The molecule has 0 aliphatic carbocycles. The van der Waals surface area contributed by atoms with E-state index in [2.05, 4.69) is 9.47 Å². The quantitative estimate of drug-likeness (QED) is 0.487. The van der Waals surface area contributed by atoms with Crippen molar-refractivity contribution in [3.05, 3.63) is 12.2 Å². The Hall–Kier alpha value is -1.85. The number of esters is 2. The number of hydrogen-bond donors (Lipinski definition) is 1. The summed E-state index contributed by atoms with van der Waals surface area (Å²) < 4.78 is 8.80. The molecule has 0 spiro atoms. The minimum Gasteiger partial charge on any atom is -0.478 e. The summed E-state index contributed by atoms with van der Waals surface area (Å²) >= 11 is 0. The van der Waals surface area contributed by atoms with E-state index in [1.54, 1.807) is 6.92 Å². The van der Waals surface area contributed by atoms with Crippen LogP contribution >= 0.6 is 0 Å². The maximum Gasteiger partial charge on any atom is 0.344 e. The number of rotatable bonds is 5. The molecule has 6 nitrogen and oxygen atoms in total. The molecule has 0 radical (unpaired) electrons. The van der Waals surface area contributed by atoms with Crippen molar-refractivity contribution in [2.45, 2.75) is 6.92 Å². The fraction of sp³-hybridized carbons (Fsp3) is 0.375. The molecule has 0 heterocycles. The van der Waals surface area contributed by atoms with Gasteiger partial charge in [0.1, 0.15) is 0 Å². The Morgan fingerprint density at radius 3 is 2.36 bits per heavy atom. The highest BCUT2D eigenvalue weighted by atomic mass is 16.6. The number of carboxylic acid groups (broad SMARTS) is 1. The van der Waals surface area contributed by atoms with Gasteiger partial charge in [0.2, 0.25) is 0 Å². The molecule has 0 aromatic carbocycles. The molecule has 0 saturated heterocycles. The zero-order valence-corrected chi connectivity index (χ0v) is 7.56. The van der Waals surface area contributed by atoms with Crippen molar-refractivity contribution >= 4 is 17.9 Å². The van der Waals surface area contributed by atoms with Crippen LogP contribution in [0.2, 0.25) is 0 Å². The second kappa shape index (κ2) is 6.64. The first-order chi connectivity index (χ1) is 6.56. The summed E-state index contributed by atoms with van der Waals surface area (Å²) in [6, 6.07) is 0. The average Bonchev–Trinajstić information content (AvgIpc) is 2.12. The van der Waals surface area contributed by atoms with E-state index < -0.39 is 24.5 Å². The standard InChI is InChI=1S/C8H10O6/c1-2-13-8(12)5-14-7(11)4-3-6(9)10/h3-4H,2,5H2,1H3,(H,9,10)/b4-3+. The van der Waals surface area contributed by atoms with Crippen molar-refractivity contribution in [1.82, 2.24) is 0 Å². The second-order valence-corrected chi connectivity index (χ2v) is 2.08. The third-order valence-corrected chi connectivity index (χ3v) is 1.000. The van der Waals surface area contributed by atoms with Crippen LogP contribution < -0.4 is 0 Å². The summed E-state index contributed by atoms with van der Waals surface area (Å²) in [6.07, 6.45) is 1.33. The second-order valence-electron chi connectivity index (χ2n) is 2.08. The molecular weight excluding hydrogens is 192 g/mol. The van der Waals surface area contributed by atoms with E-state index in [0.717, 1.165) is 0 Å². The Morgan fingerprint density at radius 1 is 1.21 bits per heavy atom. The molecule has 0 fully saturated rings. The lowest BCUT2D eigenvalue weighted by Crippen LogP contribution is -2.15. The van der Waals surface area contributed by atoms with Gasteiger partial charge < -0.3 is 14.6 Å². The van der Waals surface area contributed by atoms with Crippen LogP contribution in [-0.4, -0.2) is 36.2 Å². The van der Waals surface area contributed by atoms with E-state index >= 15 is 0 Å². The fourth-order valence-corrected chi connectivity index (χ4v) is 0.520. The van der Waals surface area contributed by atoms with Crippen LogP contribution in [0.1, 0.15) is 6.92 Å². The average molecular weight is 202 g/mol. The summed E-state index contributed by atoms with van der Waals surface area (Å²) in [6.45, 7) is 1.29. The molecule has 0 unspecified atom stereocenters. The van der Waals surface area contributed by atoms with Gasteiger partial charge in [-0.05, 0) is 6.92 Å². The highest BCUT2D eigenvalue weighted by Crippen LogP contribution is 1.85.